The number of rotatable bonds is 4. The molecule has 5 rings (SSSR count). The number of carbonyl (C=O) groups is 1. The summed E-state index contributed by atoms with van der Waals surface area (Å²) in [7, 11) is 0. The normalized spacial score (nSPS) is 17.9. The SMILES string of the molecule is Cc1ncc(CC(=O)N2CCC(c3nnc4ccc(N5CCC5)nn34)CC2)s1. The van der Waals surface area contributed by atoms with Crippen molar-refractivity contribution in [2.45, 2.75) is 38.5 Å². The summed E-state index contributed by atoms with van der Waals surface area (Å²) in [5.41, 5.74) is 0.790. The van der Waals surface area contributed by atoms with Gasteiger partial charge in [-0.2, -0.15) is 4.52 Å². The van der Waals surface area contributed by atoms with Gasteiger partial charge < -0.3 is 9.80 Å². The van der Waals surface area contributed by atoms with E-state index in [1.54, 1.807) is 11.3 Å². The van der Waals surface area contributed by atoms with E-state index in [0.29, 0.717) is 6.42 Å². The fourth-order valence-corrected chi connectivity index (χ4v) is 4.69. The van der Waals surface area contributed by atoms with Crippen LogP contribution in [0, 0.1) is 6.92 Å². The van der Waals surface area contributed by atoms with Crippen molar-refractivity contribution >= 4 is 28.7 Å². The molecule has 0 aliphatic carbocycles. The van der Waals surface area contributed by atoms with Crippen molar-refractivity contribution in [2.75, 3.05) is 31.1 Å². The van der Waals surface area contributed by atoms with Crippen LogP contribution in [0.5, 0.6) is 0 Å². The van der Waals surface area contributed by atoms with Gasteiger partial charge in [0.25, 0.3) is 0 Å². The van der Waals surface area contributed by atoms with E-state index < -0.39 is 0 Å². The van der Waals surface area contributed by atoms with Crippen molar-refractivity contribution in [3.8, 4) is 0 Å². The molecule has 9 heteroatoms. The molecular formula is C19H23N7OS. The number of likely N-dealkylation sites (tertiary alicyclic amines) is 1. The third kappa shape index (κ3) is 3.23. The molecule has 8 nitrogen and oxygen atoms in total. The van der Waals surface area contributed by atoms with Crippen LogP contribution in [0.1, 0.15) is 40.9 Å². The highest BCUT2D eigenvalue weighted by molar-refractivity contribution is 7.11. The number of aromatic nitrogens is 5. The van der Waals surface area contributed by atoms with Crippen LogP contribution in [0.2, 0.25) is 0 Å². The highest BCUT2D eigenvalue weighted by atomic mass is 32.1. The fourth-order valence-electron chi connectivity index (χ4n) is 3.90. The molecule has 0 unspecified atom stereocenters. The minimum Gasteiger partial charge on any atom is -0.355 e. The van der Waals surface area contributed by atoms with Gasteiger partial charge in [0.05, 0.1) is 11.4 Å². The Morgan fingerprint density at radius 2 is 2.00 bits per heavy atom. The van der Waals surface area contributed by atoms with Gasteiger partial charge in [-0.25, -0.2) is 4.98 Å². The first kappa shape index (κ1) is 17.5. The van der Waals surface area contributed by atoms with Crippen LogP contribution in [-0.4, -0.2) is 61.8 Å². The molecule has 0 aromatic carbocycles. The molecule has 146 valence electrons. The molecular weight excluding hydrogens is 374 g/mol. The number of anilines is 1. The summed E-state index contributed by atoms with van der Waals surface area (Å²) in [6.07, 6.45) is 5.27. The average molecular weight is 398 g/mol. The molecule has 0 bridgehead atoms. The van der Waals surface area contributed by atoms with E-state index in [-0.39, 0.29) is 11.8 Å². The minimum atomic E-state index is 0.186. The molecule has 2 aliphatic heterocycles. The number of hydrogen-bond donors (Lipinski definition) is 0. The van der Waals surface area contributed by atoms with Crippen molar-refractivity contribution in [1.82, 2.24) is 29.7 Å². The first-order valence-corrected chi connectivity index (χ1v) is 10.7. The van der Waals surface area contributed by atoms with E-state index in [1.807, 2.05) is 34.7 Å². The fraction of sp³-hybridized carbons (Fsp3) is 0.526. The highest BCUT2D eigenvalue weighted by Crippen LogP contribution is 2.28. The predicted molar refractivity (Wildman–Crippen MR) is 107 cm³/mol. The van der Waals surface area contributed by atoms with Crippen molar-refractivity contribution < 1.29 is 4.79 Å². The molecule has 1 amide bonds. The molecule has 0 atom stereocenters. The zero-order valence-electron chi connectivity index (χ0n) is 15.9. The molecule has 0 spiro atoms. The van der Waals surface area contributed by atoms with Gasteiger partial charge in [0.2, 0.25) is 5.91 Å². The van der Waals surface area contributed by atoms with Gasteiger partial charge >= 0.3 is 0 Å². The lowest BCUT2D eigenvalue weighted by Crippen LogP contribution is -2.39. The zero-order chi connectivity index (χ0) is 19.1. The second-order valence-electron chi connectivity index (χ2n) is 7.54. The molecule has 28 heavy (non-hydrogen) atoms. The van der Waals surface area contributed by atoms with Gasteiger partial charge in [-0.3, -0.25) is 4.79 Å². The van der Waals surface area contributed by atoms with Crippen LogP contribution in [0.3, 0.4) is 0 Å². The Bertz CT molecular complexity index is 1000. The van der Waals surface area contributed by atoms with E-state index in [9.17, 15) is 4.79 Å². The molecule has 0 saturated carbocycles. The number of aryl methyl sites for hydroxylation is 1. The van der Waals surface area contributed by atoms with Crippen molar-refractivity contribution in [3.05, 3.63) is 34.0 Å². The smallest absolute Gasteiger partial charge is 0.227 e. The lowest BCUT2D eigenvalue weighted by molar-refractivity contribution is -0.131. The Kier molecular flexibility index (Phi) is 4.46. The molecule has 0 N–H and O–H groups in total. The number of amides is 1. The molecule has 0 radical (unpaired) electrons. The van der Waals surface area contributed by atoms with E-state index >= 15 is 0 Å². The lowest BCUT2D eigenvalue weighted by atomic mass is 9.96. The quantitative estimate of drug-likeness (QED) is 0.670. The number of carbonyl (C=O) groups excluding carboxylic acids is 1. The summed E-state index contributed by atoms with van der Waals surface area (Å²) < 4.78 is 1.90. The predicted octanol–water partition coefficient (Wildman–Crippen LogP) is 2.05. The highest BCUT2D eigenvalue weighted by Gasteiger charge is 2.28. The summed E-state index contributed by atoms with van der Waals surface area (Å²) in [5.74, 6) is 2.38. The van der Waals surface area contributed by atoms with E-state index in [4.69, 9.17) is 5.10 Å². The number of piperidine rings is 1. The Hall–Kier alpha value is -2.55. The maximum absolute atomic E-state index is 12.6. The Morgan fingerprint density at radius 1 is 1.18 bits per heavy atom. The van der Waals surface area contributed by atoms with Crippen molar-refractivity contribution in [1.29, 1.82) is 0 Å². The second-order valence-corrected chi connectivity index (χ2v) is 8.86. The molecule has 2 saturated heterocycles. The topological polar surface area (TPSA) is 79.5 Å². The Balaban J connectivity index is 1.27. The molecule has 5 heterocycles. The average Bonchev–Trinajstić information content (AvgIpc) is 3.26. The molecule has 3 aromatic rings. The minimum absolute atomic E-state index is 0.186. The van der Waals surface area contributed by atoms with Crippen LogP contribution in [0.25, 0.3) is 5.65 Å². The van der Waals surface area contributed by atoms with Crippen LogP contribution in [0.15, 0.2) is 18.3 Å². The van der Waals surface area contributed by atoms with Crippen LogP contribution >= 0.6 is 11.3 Å². The first-order chi connectivity index (χ1) is 13.7. The summed E-state index contributed by atoms with van der Waals surface area (Å²) in [5, 5.41) is 14.5. The summed E-state index contributed by atoms with van der Waals surface area (Å²) in [4.78, 5) is 22.1. The number of hydrogen-bond acceptors (Lipinski definition) is 7. The molecule has 3 aromatic heterocycles. The number of fused-ring (bicyclic) bond motifs is 1. The van der Waals surface area contributed by atoms with Crippen LogP contribution < -0.4 is 4.90 Å². The number of nitrogens with zero attached hydrogens (tertiary/aromatic N) is 7. The third-order valence-electron chi connectivity index (χ3n) is 5.66. The van der Waals surface area contributed by atoms with Crippen LogP contribution in [0.4, 0.5) is 5.82 Å². The van der Waals surface area contributed by atoms with Gasteiger partial charge in [0.15, 0.2) is 11.5 Å². The summed E-state index contributed by atoms with van der Waals surface area (Å²) in [6, 6.07) is 4.02. The van der Waals surface area contributed by atoms with Gasteiger partial charge in [-0.1, -0.05) is 0 Å². The molecule has 2 aliphatic rings. The largest absolute Gasteiger partial charge is 0.355 e. The molecule has 2 fully saturated rings. The first-order valence-electron chi connectivity index (χ1n) is 9.84. The maximum atomic E-state index is 12.6. The third-order valence-corrected chi connectivity index (χ3v) is 6.57. The van der Waals surface area contributed by atoms with Gasteiger partial charge in [0.1, 0.15) is 5.82 Å². The summed E-state index contributed by atoms with van der Waals surface area (Å²) in [6.45, 7) is 5.60. The maximum Gasteiger partial charge on any atom is 0.227 e. The lowest BCUT2D eigenvalue weighted by Gasteiger charge is -2.32. The standard InChI is InChI=1S/C19H23N7OS/c1-13-20-12-15(28-13)11-18(27)25-9-5-14(6-10-25)19-22-21-16-3-4-17(23-26(16)19)24-7-2-8-24/h3-4,12,14H,2,5-11H2,1H3. The van der Waals surface area contributed by atoms with Crippen molar-refractivity contribution in [3.63, 3.8) is 0 Å². The monoisotopic (exact) mass is 397 g/mol. The zero-order valence-corrected chi connectivity index (χ0v) is 16.7. The Morgan fingerprint density at radius 3 is 2.68 bits per heavy atom. The Labute approximate surface area is 167 Å². The van der Waals surface area contributed by atoms with Gasteiger partial charge in [-0.15, -0.1) is 26.6 Å². The van der Waals surface area contributed by atoms with E-state index in [2.05, 4.69) is 20.1 Å². The van der Waals surface area contributed by atoms with Crippen molar-refractivity contribution in [2.24, 2.45) is 0 Å². The number of thiazole rings is 1. The van der Waals surface area contributed by atoms with Crippen LogP contribution in [-0.2, 0) is 11.2 Å². The van der Waals surface area contributed by atoms with Gasteiger partial charge in [0, 0.05) is 43.2 Å². The summed E-state index contributed by atoms with van der Waals surface area (Å²) >= 11 is 1.60. The van der Waals surface area contributed by atoms with E-state index in [0.717, 1.165) is 66.2 Å². The second kappa shape index (κ2) is 7.12. The van der Waals surface area contributed by atoms with E-state index in [1.165, 1.54) is 6.42 Å². The van der Waals surface area contributed by atoms with Gasteiger partial charge in [-0.05, 0) is 38.3 Å².